The van der Waals surface area contributed by atoms with Crippen LogP contribution in [0.5, 0.6) is 11.5 Å². The SMILES string of the molecule is COc1cccc(CN(C)CC(=O)c2c(C)[nH]c3ccccc23)c1OC. The first-order chi connectivity index (χ1) is 12.5. The number of nitrogens with zero attached hydrogens (tertiary/aromatic N) is 1. The molecule has 5 nitrogen and oxygen atoms in total. The number of hydrogen-bond acceptors (Lipinski definition) is 4. The van der Waals surface area contributed by atoms with Crippen molar-refractivity contribution in [1.29, 1.82) is 0 Å². The maximum absolute atomic E-state index is 12.9. The lowest BCUT2D eigenvalue weighted by Gasteiger charge is -2.19. The Hall–Kier alpha value is -2.79. The lowest BCUT2D eigenvalue weighted by atomic mass is 10.1. The third-order valence-electron chi connectivity index (χ3n) is 4.51. The molecule has 0 bridgehead atoms. The molecular weight excluding hydrogens is 328 g/mol. The Morgan fingerprint density at radius 3 is 2.58 bits per heavy atom. The van der Waals surface area contributed by atoms with Crippen molar-refractivity contribution in [3.8, 4) is 11.5 Å². The monoisotopic (exact) mass is 352 g/mol. The van der Waals surface area contributed by atoms with E-state index in [0.29, 0.717) is 24.6 Å². The summed E-state index contributed by atoms with van der Waals surface area (Å²) in [5.74, 6) is 1.50. The summed E-state index contributed by atoms with van der Waals surface area (Å²) in [5.41, 5.74) is 3.65. The average molecular weight is 352 g/mol. The van der Waals surface area contributed by atoms with Crippen LogP contribution in [-0.4, -0.2) is 43.5 Å². The number of fused-ring (bicyclic) bond motifs is 1. The number of nitrogens with one attached hydrogen (secondary N) is 1. The summed E-state index contributed by atoms with van der Waals surface area (Å²) in [6.07, 6.45) is 0. The van der Waals surface area contributed by atoms with Gasteiger partial charge in [-0.3, -0.25) is 9.69 Å². The second-order valence-corrected chi connectivity index (χ2v) is 6.42. The van der Waals surface area contributed by atoms with E-state index in [0.717, 1.165) is 27.7 Å². The van der Waals surface area contributed by atoms with Crippen molar-refractivity contribution in [1.82, 2.24) is 9.88 Å². The van der Waals surface area contributed by atoms with E-state index in [1.807, 2.05) is 61.3 Å². The maximum Gasteiger partial charge on any atom is 0.179 e. The van der Waals surface area contributed by atoms with Crippen LogP contribution in [0.3, 0.4) is 0 Å². The summed E-state index contributed by atoms with van der Waals surface area (Å²) in [4.78, 5) is 18.2. The lowest BCUT2D eigenvalue weighted by molar-refractivity contribution is 0.0943. The fourth-order valence-electron chi connectivity index (χ4n) is 3.39. The Bertz CT molecular complexity index is 930. The van der Waals surface area contributed by atoms with Gasteiger partial charge in [0.15, 0.2) is 17.3 Å². The molecule has 0 radical (unpaired) electrons. The smallest absolute Gasteiger partial charge is 0.179 e. The molecule has 0 fully saturated rings. The number of para-hydroxylation sites is 2. The van der Waals surface area contributed by atoms with Crippen LogP contribution in [0.25, 0.3) is 10.9 Å². The Labute approximate surface area is 153 Å². The van der Waals surface area contributed by atoms with Crippen molar-refractivity contribution in [2.75, 3.05) is 27.8 Å². The first-order valence-electron chi connectivity index (χ1n) is 8.54. The van der Waals surface area contributed by atoms with Crippen LogP contribution in [0.2, 0.25) is 0 Å². The van der Waals surface area contributed by atoms with Crippen LogP contribution in [-0.2, 0) is 6.54 Å². The summed E-state index contributed by atoms with van der Waals surface area (Å²) in [7, 11) is 5.18. The van der Waals surface area contributed by atoms with Crippen molar-refractivity contribution in [2.45, 2.75) is 13.5 Å². The molecule has 1 heterocycles. The van der Waals surface area contributed by atoms with Gasteiger partial charge in [0, 0.05) is 34.3 Å². The Morgan fingerprint density at radius 2 is 1.85 bits per heavy atom. The van der Waals surface area contributed by atoms with E-state index in [1.54, 1.807) is 14.2 Å². The fraction of sp³-hybridized carbons (Fsp3) is 0.286. The quantitative estimate of drug-likeness (QED) is 0.657. The number of Topliss-reactive ketones (excluding diaryl/α,β-unsaturated/α-hetero) is 1. The first kappa shape index (κ1) is 18.0. The first-order valence-corrected chi connectivity index (χ1v) is 8.54. The molecule has 0 saturated heterocycles. The summed E-state index contributed by atoms with van der Waals surface area (Å²) in [6.45, 7) is 2.86. The molecular formula is C21H24N2O3. The number of hydrogen-bond donors (Lipinski definition) is 1. The zero-order valence-electron chi connectivity index (χ0n) is 15.6. The van der Waals surface area contributed by atoms with Gasteiger partial charge in [-0.1, -0.05) is 30.3 Å². The second-order valence-electron chi connectivity index (χ2n) is 6.42. The molecule has 3 rings (SSSR count). The maximum atomic E-state index is 12.9. The molecule has 5 heteroatoms. The molecule has 1 N–H and O–H groups in total. The Morgan fingerprint density at radius 1 is 1.08 bits per heavy atom. The number of aryl methyl sites for hydroxylation is 1. The normalized spacial score (nSPS) is 11.1. The van der Waals surface area contributed by atoms with E-state index in [4.69, 9.17) is 9.47 Å². The molecule has 0 aliphatic carbocycles. The van der Waals surface area contributed by atoms with Gasteiger partial charge < -0.3 is 14.5 Å². The number of H-pyrrole nitrogens is 1. The zero-order valence-corrected chi connectivity index (χ0v) is 15.6. The standard InChI is InChI=1S/C21H24N2O3/c1-14-20(16-9-5-6-10-17(16)22-14)18(24)13-23(2)12-15-8-7-11-19(25-3)21(15)26-4/h5-11,22H,12-13H2,1-4H3. The highest BCUT2D eigenvalue weighted by Crippen LogP contribution is 2.31. The molecule has 0 unspecified atom stereocenters. The van der Waals surface area contributed by atoms with Crippen LogP contribution in [0.4, 0.5) is 0 Å². The summed E-state index contributed by atoms with van der Waals surface area (Å²) >= 11 is 0. The van der Waals surface area contributed by atoms with Crippen molar-refractivity contribution in [3.05, 3.63) is 59.3 Å². The van der Waals surface area contributed by atoms with Gasteiger partial charge in [-0.2, -0.15) is 0 Å². The largest absolute Gasteiger partial charge is 0.493 e. The molecule has 0 aliphatic heterocycles. The van der Waals surface area contributed by atoms with Gasteiger partial charge >= 0.3 is 0 Å². The van der Waals surface area contributed by atoms with Gasteiger partial charge in [-0.25, -0.2) is 0 Å². The third-order valence-corrected chi connectivity index (χ3v) is 4.51. The molecule has 3 aromatic rings. The average Bonchev–Trinajstić information content (AvgIpc) is 2.97. The summed E-state index contributed by atoms with van der Waals surface area (Å²) < 4.78 is 10.8. The molecule has 0 amide bonds. The van der Waals surface area contributed by atoms with Gasteiger partial charge in [0.1, 0.15) is 0 Å². The minimum Gasteiger partial charge on any atom is -0.493 e. The van der Waals surface area contributed by atoms with Crippen molar-refractivity contribution in [2.24, 2.45) is 0 Å². The number of likely N-dealkylation sites (N-methyl/N-ethyl adjacent to an activating group) is 1. The van der Waals surface area contributed by atoms with Crippen molar-refractivity contribution < 1.29 is 14.3 Å². The van der Waals surface area contributed by atoms with E-state index < -0.39 is 0 Å². The molecule has 0 aliphatic rings. The van der Waals surface area contributed by atoms with Crippen molar-refractivity contribution >= 4 is 16.7 Å². The van der Waals surface area contributed by atoms with Gasteiger partial charge in [0.25, 0.3) is 0 Å². The highest BCUT2D eigenvalue weighted by molar-refractivity contribution is 6.10. The van der Waals surface area contributed by atoms with E-state index in [-0.39, 0.29) is 5.78 Å². The number of rotatable bonds is 7. The fourth-order valence-corrected chi connectivity index (χ4v) is 3.39. The van der Waals surface area contributed by atoms with Gasteiger partial charge in [-0.05, 0) is 26.1 Å². The van der Waals surface area contributed by atoms with Crippen LogP contribution >= 0.6 is 0 Å². The van der Waals surface area contributed by atoms with Crippen LogP contribution in [0, 0.1) is 6.92 Å². The van der Waals surface area contributed by atoms with Gasteiger partial charge in [-0.15, -0.1) is 0 Å². The number of aromatic nitrogens is 1. The van der Waals surface area contributed by atoms with Crippen molar-refractivity contribution in [3.63, 3.8) is 0 Å². The van der Waals surface area contributed by atoms with Gasteiger partial charge in [0.2, 0.25) is 0 Å². The number of benzene rings is 2. The van der Waals surface area contributed by atoms with E-state index in [9.17, 15) is 4.79 Å². The lowest BCUT2D eigenvalue weighted by Crippen LogP contribution is -2.26. The molecule has 0 spiro atoms. The van der Waals surface area contributed by atoms with E-state index >= 15 is 0 Å². The number of methoxy groups -OCH3 is 2. The van der Waals surface area contributed by atoms with E-state index in [2.05, 4.69) is 4.98 Å². The number of carbonyl (C=O) groups is 1. The number of carbonyl (C=O) groups excluding carboxylic acids is 1. The zero-order chi connectivity index (χ0) is 18.7. The predicted molar refractivity (Wildman–Crippen MR) is 103 cm³/mol. The minimum atomic E-state index is 0.101. The minimum absolute atomic E-state index is 0.101. The molecule has 26 heavy (non-hydrogen) atoms. The number of aromatic amines is 1. The number of ketones is 1. The molecule has 0 atom stereocenters. The highest BCUT2D eigenvalue weighted by Gasteiger charge is 2.18. The molecule has 136 valence electrons. The van der Waals surface area contributed by atoms with E-state index in [1.165, 1.54) is 0 Å². The van der Waals surface area contributed by atoms with Crippen LogP contribution in [0.1, 0.15) is 21.6 Å². The Balaban J connectivity index is 1.79. The number of ether oxygens (including phenoxy) is 2. The molecule has 2 aromatic carbocycles. The predicted octanol–water partition coefficient (Wildman–Crippen LogP) is 3.81. The third kappa shape index (κ3) is 3.44. The highest BCUT2D eigenvalue weighted by atomic mass is 16.5. The molecule has 0 saturated carbocycles. The van der Waals surface area contributed by atoms with Crippen LogP contribution < -0.4 is 9.47 Å². The summed E-state index contributed by atoms with van der Waals surface area (Å²) in [5, 5.41) is 0.974. The second kappa shape index (κ2) is 7.62. The topological polar surface area (TPSA) is 54.6 Å². The van der Waals surface area contributed by atoms with Gasteiger partial charge in [0.05, 0.1) is 20.8 Å². The summed E-state index contributed by atoms with van der Waals surface area (Å²) in [6, 6.07) is 13.7. The Kier molecular flexibility index (Phi) is 5.28. The van der Waals surface area contributed by atoms with Crippen LogP contribution in [0.15, 0.2) is 42.5 Å². The molecule has 1 aromatic heterocycles.